The lowest BCUT2D eigenvalue weighted by atomic mass is 9.81. The second-order valence-corrected chi connectivity index (χ2v) is 6.08. The minimum atomic E-state index is -0.777. The van der Waals surface area contributed by atoms with Crippen LogP contribution in [0.5, 0.6) is 0 Å². The van der Waals surface area contributed by atoms with E-state index in [0.717, 1.165) is 5.57 Å². The quantitative estimate of drug-likeness (QED) is 0.787. The van der Waals surface area contributed by atoms with Gasteiger partial charge >= 0.3 is 0 Å². The Kier molecular flexibility index (Phi) is 5.00. The van der Waals surface area contributed by atoms with Crippen LogP contribution >= 0.6 is 0 Å². The predicted octanol–water partition coefficient (Wildman–Crippen LogP) is 2.64. The summed E-state index contributed by atoms with van der Waals surface area (Å²) in [6, 6.07) is 0. The molecule has 0 aromatic carbocycles. The van der Waals surface area contributed by atoms with Crippen molar-refractivity contribution in [2.45, 2.75) is 71.9 Å². The first kappa shape index (κ1) is 16.7. The summed E-state index contributed by atoms with van der Waals surface area (Å²) in [5.74, 6) is 0.00871. The Morgan fingerprint density at radius 2 is 1.70 bits per heavy atom. The molecule has 0 saturated carbocycles. The van der Waals surface area contributed by atoms with Gasteiger partial charge in [-0.25, -0.2) is 0 Å². The molecule has 1 unspecified atom stereocenters. The first-order chi connectivity index (χ1) is 9.27. The summed E-state index contributed by atoms with van der Waals surface area (Å²) in [5, 5.41) is 2.95. The van der Waals surface area contributed by atoms with E-state index in [9.17, 15) is 9.59 Å². The van der Waals surface area contributed by atoms with Gasteiger partial charge < -0.3 is 10.2 Å². The number of nitrogens with one attached hydrogen (secondary N) is 1. The Labute approximate surface area is 122 Å². The van der Waals surface area contributed by atoms with Crippen molar-refractivity contribution in [3.8, 4) is 0 Å². The molecule has 20 heavy (non-hydrogen) atoms. The van der Waals surface area contributed by atoms with Crippen LogP contribution in [0.1, 0.15) is 60.8 Å². The smallest absolute Gasteiger partial charge is 0.249 e. The maximum atomic E-state index is 12.9. The fraction of sp³-hybridized carbons (Fsp3) is 0.750. The molecule has 0 aliphatic carbocycles. The maximum Gasteiger partial charge on any atom is 0.249 e. The van der Waals surface area contributed by atoms with Gasteiger partial charge in [-0.1, -0.05) is 32.4 Å². The molecular weight excluding hydrogens is 252 g/mol. The van der Waals surface area contributed by atoms with Crippen molar-refractivity contribution in [1.82, 2.24) is 10.2 Å². The third-order valence-electron chi connectivity index (χ3n) is 4.60. The van der Waals surface area contributed by atoms with Crippen molar-refractivity contribution < 1.29 is 9.59 Å². The van der Waals surface area contributed by atoms with Gasteiger partial charge in [0.15, 0.2) is 0 Å². The van der Waals surface area contributed by atoms with Crippen molar-refractivity contribution in [3.05, 3.63) is 11.6 Å². The zero-order valence-electron chi connectivity index (χ0n) is 13.7. The standard InChI is InChI=1S/C16H28N2O2/c1-7-15(6)14(20)18(11-10-12(4)5)16(8-2,9-3)13(19)17-15/h10H,7-9,11H2,1-6H3,(H,17,19). The minimum Gasteiger partial charge on any atom is -0.340 e. The van der Waals surface area contributed by atoms with Gasteiger partial charge in [-0.3, -0.25) is 9.59 Å². The molecular formula is C16H28N2O2. The number of piperazine rings is 1. The van der Waals surface area contributed by atoms with Crippen molar-refractivity contribution in [2.24, 2.45) is 0 Å². The van der Waals surface area contributed by atoms with Crippen molar-refractivity contribution in [3.63, 3.8) is 0 Å². The molecule has 0 bridgehead atoms. The second kappa shape index (κ2) is 5.98. The van der Waals surface area contributed by atoms with Gasteiger partial charge in [-0.15, -0.1) is 0 Å². The lowest BCUT2D eigenvalue weighted by Crippen LogP contribution is -2.74. The lowest BCUT2D eigenvalue weighted by molar-refractivity contribution is -0.162. The highest BCUT2D eigenvalue weighted by atomic mass is 16.2. The largest absolute Gasteiger partial charge is 0.340 e. The van der Waals surface area contributed by atoms with Gasteiger partial charge in [0.25, 0.3) is 0 Å². The molecule has 1 aliphatic heterocycles. The van der Waals surface area contributed by atoms with Gasteiger partial charge in [-0.05, 0) is 40.0 Å². The molecule has 4 heteroatoms. The summed E-state index contributed by atoms with van der Waals surface area (Å²) < 4.78 is 0. The monoisotopic (exact) mass is 280 g/mol. The topological polar surface area (TPSA) is 49.4 Å². The highest BCUT2D eigenvalue weighted by Gasteiger charge is 2.54. The molecule has 0 aromatic rings. The molecule has 1 N–H and O–H groups in total. The molecule has 4 nitrogen and oxygen atoms in total. The molecule has 0 radical (unpaired) electrons. The first-order valence-corrected chi connectivity index (χ1v) is 7.55. The third kappa shape index (κ3) is 2.60. The summed E-state index contributed by atoms with van der Waals surface area (Å²) in [4.78, 5) is 27.3. The van der Waals surface area contributed by atoms with Gasteiger partial charge in [0, 0.05) is 6.54 Å². The van der Waals surface area contributed by atoms with E-state index in [1.807, 2.05) is 47.6 Å². The molecule has 1 saturated heterocycles. The van der Waals surface area contributed by atoms with Gasteiger partial charge in [0.2, 0.25) is 11.8 Å². The lowest BCUT2D eigenvalue weighted by Gasteiger charge is -2.51. The van der Waals surface area contributed by atoms with Crippen LogP contribution in [-0.4, -0.2) is 34.3 Å². The number of carbonyl (C=O) groups is 2. The van der Waals surface area contributed by atoms with Crippen LogP contribution in [0.15, 0.2) is 11.6 Å². The highest BCUT2D eigenvalue weighted by Crippen LogP contribution is 2.33. The highest BCUT2D eigenvalue weighted by molar-refractivity contribution is 6.02. The van der Waals surface area contributed by atoms with Crippen LogP contribution in [0.4, 0.5) is 0 Å². The second-order valence-electron chi connectivity index (χ2n) is 6.08. The van der Waals surface area contributed by atoms with E-state index >= 15 is 0 Å². The average Bonchev–Trinajstić information content (AvgIpc) is 2.41. The Morgan fingerprint density at radius 3 is 2.10 bits per heavy atom. The van der Waals surface area contributed by atoms with E-state index in [1.54, 1.807) is 4.90 Å². The number of allylic oxidation sites excluding steroid dienone is 1. The Morgan fingerprint density at radius 1 is 1.15 bits per heavy atom. The van der Waals surface area contributed by atoms with Crippen LogP contribution in [0.25, 0.3) is 0 Å². The van der Waals surface area contributed by atoms with Crippen LogP contribution in [0, 0.1) is 0 Å². The predicted molar refractivity (Wildman–Crippen MR) is 81.3 cm³/mol. The number of amides is 2. The summed E-state index contributed by atoms with van der Waals surface area (Å²) >= 11 is 0. The Balaban J connectivity index is 3.27. The molecule has 1 aliphatic rings. The molecule has 0 spiro atoms. The van der Waals surface area contributed by atoms with E-state index in [2.05, 4.69) is 5.32 Å². The number of carbonyl (C=O) groups excluding carboxylic acids is 2. The third-order valence-corrected chi connectivity index (χ3v) is 4.60. The zero-order chi connectivity index (χ0) is 15.6. The van der Waals surface area contributed by atoms with Crippen LogP contribution in [0.3, 0.4) is 0 Å². The van der Waals surface area contributed by atoms with Gasteiger partial charge in [0.1, 0.15) is 11.1 Å². The van der Waals surface area contributed by atoms with Crippen molar-refractivity contribution in [2.75, 3.05) is 6.54 Å². The Hall–Kier alpha value is -1.32. The molecule has 1 fully saturated rings. The fourth-order valence-corrected chi connectivity index (χ4v) is 2.76. The van der Waals surface area contributed by atoms with Crippen molar-refractivity contribution >= 4 is 11.8 Å². The van der Waals surface area contributed by atoms with E-state index in [-0.39, 0.29) is 11.8 Å². The Bertz CT molecular complexity index is 420. The van der Waals surface area contributed by atoms with Gasteiger partial charge in [0.05, 0.1) is 0 Å². The maximum absolute atomic E-state index is 12.9. The number of nitrogens with zero attached hydrogens (tertiary/aromatic N) is 1. The first-order valence-electron chi connectivity index (χ1n) is 7.55. The summed E-state index contributed by atoms with van der Waals surface area (Å²) in [5.41, 5.74) is -0.332. The zero-order valence-corrected chi connectivity index (χ0v) is 13.7. The molecule has 1 heterocycles. The van der Waals surface area contributed by atoms with E-state index in [4.69, 9.17) is 0 Å². The summed E-state index contributed by atoms with van der Waals surface area (Å²) in [6.07, 6.45) is 3.90. The normalized spacial score (nSPS) is 25.4. The minimum absolute atomic E-state index is 0.0198. The number of hydrogen-bond donors (Lipinski definition) is 1. The van der Waals surface area contributed by atoms with E-state index < -0.39 is 11.1 Å². The molecule has 1 atom stereocenters. The number of hydrogen-bond acceptors (Lipinski definition) is 2. The SMILES string of the molecule is CCC1(C)NC(=O)C(CC)(CC)N(CC=C(C)C)C1=O. The van der Waals surface area contributed by atoms with Crippen LogP contribution in [0.2, 0.25) is 0 Å². The van der Waals surface area contributed by atoms with Crippen LogP contribution in [-0.2, 0) is 9.59 Å². The van der Waals surface area contributed by atoms with Crippen molar-refractivity contribution in [1.29, 1.82) is 0 Å². The molecule has 1 rings (SSSR count). The summed E-state index contributed by atoms with van der Waals surface area (Å²) in [7, 11) is 0. The fourth-order valence-electron chi connectivity index (χ4n) is 2.76. The van der Waals surface area contributed by atoms with Crippen LogP contribution < -0.4 is 5.32 Å². The average molecular weight is 280 g/mol. The summed E-state index contributed by atoms with van der Waals surface area (Å²) in [6.45, 7) is 12.2. The van der Waals surface area contributed by atoms with E-state index in [0.29, 0.717) is 25.8 Å². The van der Waals surface area contributed by atoms with E-state index in [1.165, 1.54) is 0 Å². The number of rotatable bonds is 5. The molecule has 114 valence electrons. The van der Waals surface area contributed by atoms with Gasteiger partial charge in [-0.2, -0.15) is 0 Å². The molecule has 2 amide bonds. The molecule has 0 aromatic heterocycles.